The number of halogens is 2. The van der Waals surface area contributed by atoms with Crippen LogP contribution < -0.4 is 5.32 Å². The van der Waals surface area contributed by atoms with E-state index in [-0.39, 0.29) is 22.7 Å². The molecule has 96 valence electrons. The topological polar surface area (TPSA) is 29.1 Å². The maximum Gasteiger partial charge on any atom is 0.169 e. The molecule has 1 unspecified atom stereocenters. The molecule has 1 aliphatic heterocycles. The fourth-order valence-electron chi connectivity index (χ4n) is 3.07. The van der Waals surface area contributed by atoms with Gasteiger partial charge < -0.3 is 5.32 Å². The van der Waals surface area contributed by atoms with Gasteiger partial charge in [0, 0.05) is 10.4 Å². The van der Waals surface area contributed by atoms with Gasteiger partial charge in [0.25, 0.3) is 0 Å². The van der Waals surface area contributed by atoms with Crippen LogP contribution in [0.2, 0.25) is 0 Å². The van der Waals surface area contributed by atoms with E-state index in [1.807, 2.05) is 0 Å². The van der Waals surface area contributed by atoms with Gasteiger partial charge in [-0.25, -0.2) is 4.39 Å². The average Bonchev–Trinajstić information content (AvgIpc) is 3.06. The van der Waals surface area contributed by atoms with Crippen LogP contribution in [0.4, 0.5) is 4.39 Å². The molecule has 4 heteroatoms. The normalized spacial score (nSPS) is 25.1. The highest BCUT2D eigenvalue weighted by atomic mass is 79.9. The summed E-state index contributed by atoms with van der Waals surface area (Å²) < 4.78 is 14.5. The van der Waals surface area contributed by atoms with Crippen molar-refractivity contribution in [2.45, 2.75) is 19.3 Å². The Morgan fingerprint density at radius 1 is 1.39 bits per heavy atom. The van der Waals surface area contributed by atoms with Crippen LogP contribution >= 0.6 is 15.9 Å². The highest BCUT2D eigenvalue weighted by Crippen LogP contribution is 2.59. The Morgan fingerprint density at radius 2 is 2.11 bits per heavy atom. The molecular weight excluding hydrogens is 297 g/mol. The first-order chi connectivity index (χ1) is 8.62. The zero-order valence-electron chi connectivity index (χ0n) is 10.0. The number of hydrogen-bond acceptors (Lipinski definition) is 2. The number of carbonyl (C=O) groups excluding carboxylic acids is 1. The van der Waals surface area contributed by atoms with Crippen molar-refractivity contribution in [1.29, 1.82) is 0 Å². The molecule has 2 fully saturated rings. The van der Waals surface area contributed by atoms with E-state index in [4.69, 9.17) is 0 Å². The van der Waals surface area contributed by atoms with Gasteiger partial charge in [0.1, 0.15) is 5.82 Å². The predicted octanol–water partition coefficient (Wildman–Crippen LogP) is 3.16. The van der Waals surface area contributed by atoms with Crippen LogP contribution in [0, 0.1) is 17.2 Å². The van der Waals surface area contributed by atoms with Crippen LogP contribution in [-0.2, 0) is 0 Å². The number of carbonyl (C=O) groups is 1. The number of nitrogens with one attached hydrogen (secondary N) is 1. The van der Waals surface area contributed by atoms with Crippen molar-refractivity contribution in [1.82, 2.24) is 5.32 Å². The largest absolute Gasteiger partial charge is 0.317 e. The van der Waals surface area contributed by atoms with Gasteiger partial charge in [-0.15, -0.1) is 0 Å². The van der Waals surface area contributed by atoms with Gasteiger partial charge >= 0.3 is 0 Å². The summed E-state index contributed by atoms with van der Waals surface area (Å²) in [6.45, 7) is 1.95. The minimum atomic E-state index is -0.404. The summed E-state index contributed by atoms with van der Waals surface area (Å²) in [5, 5.41) is 3.31. The number of piperidine rings is 1. The molecule has 0 aromatic heterocycles. The fourth-order valence-corrected chi connectivity index (χ4v) is 3.43. The van der Waals surface area contributed by atoms with E-state index in [1.165, 1.54) is 6.07 Å². The minimum Gasteiger partial charge on any atom is -0.317 e. The molecular formula is C14H15BrFNO. The van der Waals surface area contributed by atoms with Crippen molar-refractivity contribution in [2.75, 3.05) is 13.1 Å². The van der Waals surface area contributed by atoms with Crippen molar-refractivity contribution < 1.29 is 9.18 Å². The van der Waals surface area contributed by atoms with Gasteiger partial charge in [-0.3, -0.25) is 4.79 Å². The Bertz CT molecular complexity index is 497. The Labute approximate surface area is 114 Å². The van der Waals surface area contributed by atoms with Crippen molar-refractivity contribution in [2.24, 2.45) is 11.3 Å². The first-order valence-electron chi connectivity index (χ1n) is 6.32. The summed E-state index contributed by atoms with van der Waals surface area (Å²) in [5.74, 6) is -0.390. The number of benzene rings is 1. The third-order valence-electron chi connectivity index (χ3n) is 4.30. The van der Waals surface area contributed by atoms with Gasteiger partial charge in [-0.05, 0) is 56.0 Å². The summed E-state index contributed by atoms with van der Waals surface area (Å²) in [4.78, 5) is 12.4. The van der Waals surface area contributed by atoms with Crippen molar-refractivity contribution in [3.05, 3.63) is 34.1 Å². The molecule has 1 aromatic carbocycles. The molecule has 2 nitrogen and oxygen atoms in total. The SMILES string of the molecule is O=C(c1cc(Br)ccc1F)C1CC12CCNCC2. The zero-order valence-corrected chi connectivity index (χ0v) is 11.6. The molecule has 1 saturated heterocycles. The summed E-state index contributed by atoms with van der Waals surface area (Å²) in [5.41, 5.74) is 0.404. The molecule has 0 bridgehead atoms. The standard InChI is InChI=1S/C14H15BrFNO/c15-9-1-2-12(16)10(7-9)13(18)11-8-14(11)3-5-17-6-4-14/h1-2,7,11,17H,3-6,8H2. The van der Waals surface area contributed by atoms with Gasteiger partial charge in [0.2, 0.25) is 0 Å². The van der Waals surface area contributed by atoms with Crippen LogP contribution in [0.25, 0.3) is 0 Å². The monoisotopic (exact) mass is 311 g/mol. The minimum absolute atomic E-state index is 0.0179. The lowest BCUT2D eigenvalue weighted by Crippen LogP contribution is -2.30. The third kappa shape index (κ3) is 2.01. The zero-order chi connectivity index (χ0) is 12.8. The summed E-state index contributed by atoms with van der Waals surface area (Å²) in [6, 6.07) is 4.58. The highest BCUT2D eigenvalue weighted by Gasteiger charge is 2.57. The number of rotatable bonds is 2. The molecule has 3 rings (SSSR count). The first kappa shape index (κ1) is 12.3. The fraction of sp³-hybridized carbons (Fsp3) is 0.500. The predicted molar refractivity (Wildman–Crippen MR) is 71.1 cm³/mol. The van der Waals surface area contributed by atoms with Crippen LogP contribution in [0.1, 0.15) is 29.6 Å². The van der Waals surface area contributed by atoms with E-state index in [9.17, 15) is 9.18 Å². The van der Waals surface area contributed by atoms with Gasteiger partial charge in [-0.1, -0.05) is 15.9 Å². The van der Waals surface area contributed by atoms with Gasteiger partial charge in [0.05, 0.1) is 5.56 Å². The molecule has 18 heavy (non-hydrogen) atoms. The van der Waals surface area contributed by atoms with Crippen LogP contribution in [0.3, 0.4) is 0 Å². The van der Waals surface area contributed by atoms with Crippen molar-refractivity contribution in [3.63, 3.8) is 0 Å². The summed E-state index contributed by atoms with van der Waals surface area (Å²) >= 11 is 3.29. The Balaban J connectivity index is 1.82. The lowest BCUT2D eigenvalue weighted by Gasteiger charge is -2.23. The molecule has 0 radical (unpaired) electrons. The lowest BCUT2D eigenvalue weighted by molar-refractivity contribution is 0.0936. The second-order valence-electron chi connectivity index (χ2n) is 5.36. The Kier molecular flexibility index (Phi) is 3.02. The molecule has 1 atom stereocenters. The molecule has 1 spiro atoms. The maximum absolute atomic E-state index is 13.7. The molecule has 1 aromatic rings. The van der Waals surface area contributed by atoms with Gasteiger partial charge in [0.15, 0.2) is 5.78 Å². The van der Waals surface area contributed by atoms with Gasteiger partial charge in [-0.2, -0.15) is 0 Å². The number of Topliss-reactive ketones (excluding diaryl/α,β-unsaturated/α-hetero) is 1. The maximum atomic E-state index is 13.7. The van der Waals surface area contributed by atoms with E-state index in [2.05, 4.69) is 21.2 Å². The second-order valence-corrected chi connectivity index (χ2v) is 6.27. The molecule has 1 aliphatic carbocycles. The van der Waals surface area contributed by atoms with Crippen LogP contribution in [0.15, 0.2) is 22.7 Å². The molecule has 2 aliphatic rings. The van der Waals surface area contributed by atoms with Crippen molar-refractivity contribution in [3.8, 4) is 0 Å². The van der Waals surface area contributed by atoms with Crippen molar-refractivity contribution >= 4 is 21.7 Å². The van der Waals surface area contributed by atoms with E-state index in [1.54, 1.807) is 12.1 Å². The Hall–Kier alpha value is -0.740. The average molecular weight is 312 g/mol. The quantitative estimate of drug-likeness (QED) is 0.850. The molecule has 1 heterocycles. The number of hydrogen-bond donors (Lipinski definition) is 1. The second kappa shape index (κ2) is 4.42. The summed E-state index contributed by atoms with van der Waals surface area (Å²) in [6.07, 6.45) is 3.01. The molecule has 1 saturated carbocycles. The van der Waals surface area contributed by atoms with E-state index >= 15 is 0 Å². The van der Waals surface area contributed by atoms with E-state index < -0.39 is 5.82 Å². The van der Waals surface area contributed by atoms with E-state index in [0.717, 1.165) is 36.8 Å². The smallest absolute Gasteiger partial charge is 0.169 e. The van der Waals surface area contributed by atoms with Crippen LogP contribution in [0.5, 0.6) is 0 Å². The highest BCUT2D eigenvalue weighted by molar-refractivity contribution is 9.10. The summed E-state index contributed by atoms with van der Waals surface area (Å²) in [7, 11) is 0. The van der Waals surface area contributed by atoms with Crippen LogP contribution in [-0.4, -0.2) is 18.9 Å². The molecule has 1 N–H and O–H groups in total. The third-order valence-corrected chi connectivity index (χ3v) is 4.79. The first-order valence-corrected chi connectivity index (χ1v) is 7.12. The Morgan fingerprint density at radius 3 is 2.83 bits per heavy atom. The number of ketones is 1. The lowest BCUT2D eigenvalue weighted by atomic mass is 9.89. The van der Waals surface area contributed by atoms with E-state index in [0.29, 0.717) is 0 Å². The molecule has 0 amide bonds.